The van der Waals surface area contributed by atoms with Crippen molar-refractivity contribution in [1.29, 1.82) is 0 Å². The summed E-state index contributed by atoms with van der Waals surface area (Å²) in [5.74, 6) is 0.511. The predicted octanol–water partition coefficient (Wildman–Crippen LogP) is 3.49. The van der Waals surface area contributed by atoms with Gasteiger partial charge in [-0.25, -0.2) is 4.98 Å². The number of nitrogens with zero attached hydrogens (tertiary/aromatic N) is 2. The monoisotopic (exact) mass is 251 g/mol. The van der Waals surface area contributed by atoms with E-state index in [0.717, 1.165) is 5.56 Å². The van der Waals surface area contributed by atoms with Crippen LogP contribution in [0.1, 0.15) is 0 Å². The van der Waals surface area contributed by atoms with Crippen LogP contribution >= 0.6 is 0 Å². The third kappa shape index (κ3) is 2.64. The van der Waals surface area contributed by atoms with E-state index >= 15 is 0 Å². The Kier molecular flexibility index (Phi) is 3.27. The van der Waals surface area contributed by atoms with Crippen LogP contribution in [0, 0.1) is 0 Å². The second-order valence-electron chi connectivity index (χ2n) is 3.98. The van der Waals surface area contributed by atoms with Gasteiger partial charge in [-0.3, -0.25) is 0 Å². The molecule has 2 rings (SSSR count). The van der Waals surface area contributed by atoms with E-state index in [2.05, 4.69) is 11.6 Å². The molecule has 0 saturated carbocycles. The first-order valence-electron chi connectivity index (χ1n) is 5.42. The van der Waals surface area contributed by atoms with Crippen molar-refractivity contribution in [2.45, 2.75) is 6.54 Å². The first-order valence-corrected chi connectivity index (χ1v) is 5.42. The molecule has 1 aromatic carbocycles. The lowest BCUT2D eigenvalue weighted by Crippen LogP contribution is -2.22. The first-order chi connectivity index (χ1) is 8.48. The van der Waals surface area contributed by atoms with Crippen LogP contribution in [0.2, 0.25) is 0 Å². The minimum Gasteiger partial charge on any atom is -0.445 e. The molecule has 94 valence electrons. The molecule has 0 atom stereocenters. The summed E-state index contributed by atoms with van der Waals surface area (Å²) in [5.41, 5.74) is 0.0511. The van der Waals surface area contributed by atoms with Gasteiger partial charge in [0.15, 0.2) is 0 Å². The van der Waals surface area contributed by atoms with Gasteiger partial charge in [-0.1, -0.05) is 30.3 Å². The lowest BCUT2D eigenvalue weighted by Gasteiger charge is -2.19. The van der Waals surface area contributed by atoms with Crippen molar-refractivity contribution in [3.8, 4) is 11.4 Å². The van der Waals surface area contributed by atoms with E-state index in [9.17, 15) is 12.9 Å². The Labute approximate surface area is 103 Å². The molecule has 1 aromatic heterocycles. The first kappa shape index (κ1) is 12.5. The van der Waals surface area contributed by atoms with E-state index in [1.807, 2.05) is 18.2 Å². The Morgan fingerprint density at radius 2 is 1.89 bits per heavy atom. The molecule has 1 heterocycles. The lowest BCUT2D eigenvalue weighted by atomic mass is 9.80. The number of benzene rings is 1. The molecule has 0 saturated heterocycles. The Morgan fingerprint density at radius 1 is 1.22 bits per heavy atom. The smallest absolute Gasteiger partial charge is 0.445 e. The van der Waals surface area contributed by atoms with Crippen molar-refractivity contribution in [1.82, 2.24) is 9.55 Å². The maximum atomic E-state index is 12.5. The van der Waals surface area contributed by atoms with Crippen LogP contribution in [-0.4, -0.2) is 16.5 Å². The van der Waals surface area contributed by atoms with E-state index in [4.69, 9.17) is 0 Å². The highest BCUT2D eigenvalue weighted by molar-refractivity contribution is 6.66. The summed E-state index contributed by atoms with van der Waals surface area (Å²) in [6.45, 7) is -2.20. The molecule has 6 heteroatoms. The molecule has 2 aromatic rings. The average Bonchev–Trinajstić information content (AvgIpc) is 2.77. The molecule has 0 spiro atoms. The fourth-order valence-corrected chi connectivity index (χ4v) is 1.61. The molecular weight excluding hydrogens is 240 g/mol. The molecule has 0 unspecified atom stereocenters. The van der Waals surface area contributed by atoms with Gasteiger partial charge in [0.2, 0.25) is 0 Å². The fraction of sp³-hybridized carbons (Fsp3) is 0.0833. The largest absolute Gasteiger partial charge is 0.506 e. The van der Waals surface area contributed by atoms with E-state index < -0.39 is 12.4 Å². The van der Waals surface area contributed by atoms with Crippen molar-refractivity contribution in [3.63, 3.8) is 0 Å². The predicted molar refractivity (Wildman–Crippen MR) is 65.9 cm³/mol. The SMILES string of the molecule is C=C(Cn1ccnc1-c1ccccc1)[B-](F)(F)F. The van der Waals surface area contributed by atoms with Gasteiger partial charge < -0.3 is 17.5 Å². The van der Waals surface area contributed by atoms with Gasteiger partial charge in [0.25, 0.3) is 0 Å². The van der Waals surface area contributed by atoms with E-state index in [0.29, 0.717) is 5.82 Å². The second kappa shape index (κ2) is 4.72. The number of hydrogen-bond donors (Lipinski definition) is 0. The van der Waals surface area contributed by atoms with Crippen molar-refractivity contribution in [2.24, 2.45) is 0 Å². The van der Waals surface area contributed by atoms with Gasteiger partial charge in [0, 0.05) is 24.5 Å². The summed E-state index contributed by atoms with van der Waals surface area (Å²) in [6.07, 6.45) is 3.01. The van der Waals surface area contributed by atoms with Crippen LogP contribution in [0.25, 0.3) is 11.4 Å². The number of imidazole rings is 1. The Balaban J connectivity index is 2.27. The highest BCUT2D eigenvalue weighted by atomic mass is 19.4. The maximum Gasteiger partial charge on any atom is 0.506 e. The fourth-order valence-electron chi connectivity index (χ4n) is 1.61. The molecule has 0 aliphatic rings. The van der Waals surface area contributed by atoms with Crippen LogP contribution < -0.4 is 0 Å². The van der Waals surface area contributed by atoms with Crippen LogP contribution in [0.15, 0.2) is 54.8 Å². The second-order valence-corrected chi connectivity index (χ2v) is 3.98. The van der Waals surface area contributed by atoms with Crippen molar-refractivity contribution < 1.29 is 12.9 Å². The topological polar surface area (TPSA) is 17.8 Å². The number of aromatic nitrogens is 2. The average molecular weight is 251 g/mol. The normalized spacial score (nSPS) is 11.5. The molecular formula is C12H11BF3N2-. The quantitative estimate of drug-likeness (QED) is 0.760. The summed E-state index contributed by atoms with van der Waals surface area (Å²) in [7, 11) is 0. The summed E-state index contributed by atoms with van der Waals surface area (Å²) in [6, 6.07) is 9.09. The molecule has 18 heavy (non-hydrogen) atoms. The standard InChI is InChI=1S/C12H11BF3N2/c1-10(13(14,15)16)9-18-8-7-17-12(18)11-5-3-2-4-6-11/h2-8H,1,9H2/q-1. The number of halogens is 3. The van der Waals surface area contributed by atoms with E-state index in [1.54, 1.807) is 12.1 Å². The van der Waals surface area contributed by atoms with Gasteiger partial charge in [-0.15, -0.1) is 12.1 Å². The number of rotatable bonds is 4. The highest BCUT2D eigenvalue weighted by Crippen LogP contribution is 2.23. The Morgan fingerprint density at radius 3 is 2.50 bits per heavy atom. The zero-order valence-corrected chi connectivity index (χ0v) is 9.56. The molecule has 0 N–H and O–H groups in total. The molecule has 0 fully saturated rings. The molecule has 0 aliphatic heterocycles. The summed E-state index contributed by atoms with van der Waals surface area (Å²) in [4.78, 5) is 4.08. The number of allylic oxidation sites excluding steroid dienone is 1. The lowest BCUT2D eigenvalue weighted by molar-refractivity contribution is 0.483. The van der Waals surface area contributed by atoms with E-state index in [1.165, 1.54) is 17.0 Å². The third-order valence-electron chi connectivity index (χ3n) is 2.58. The Hall–Kier alpha value is -1.98. The molecule has 0 radical (unpaired) electrons. The Bertz CT molecular complexity index is 546. The maximum absolute atomic E-state index is 12.5. The van der Waals surface area contributed by atoms with Crippen LogP contribution in [-0.2, 0) is 6.54 Å². The molecule has 0 bridgehead atoms. The van der Waals surface area contributed by atoms with Gasteiger partial charge >= 0.3 is 6.98 Å². The summed E-state index contributed by atoms with van der Waals surface area (Å²) in [5, 5.41) is 0. The van der Waals surface area contributed by atoms with Crippen molar-refractivity contribution >= 4 is 6.98 Å². The summed E-state index contributed by atoms with van der Waals surface area (Å²) < 4.78 is 39.0. The number of hydrogen-bond acceptors (Lipinski definition) is 1. The van der Waals surface area contributed by atoms with Gasteiger partial charge in [0.05, 0.1) is 0 Å². The highest BCUT2D eigenvalue weighted by Gasteiger charge is 2.27. The van der Waals surface area contributed by atoms with Crippen molar-refractivity contribution in [2.75, 3.05) is 0 Å². The molecule has 2 nitrogen and oxygen atoms in total. The van der Waals surface area contributed by atoms with Crippen LogP contribution in [0.5, 0.6) is 0 Å². The minimum absolute atomic E-state index is 0.284. The zero-order chi connectivity index (χ0) is 13.2. The summed E-state index contributed by atoms with van der Waals surface area (Å²) >= 11 is 0. The van der Waals surface area contributed by atoms with Gasteiger partial charge in [-0.05, 0) is 0 Å². The third-order valence-corrected chi connectivity index (χ3v) is 2.58. The van der Waals surface area contributed by atoms with E-state index in [-0.39, 0.29) is 6.54 Å². The zero-order valence-electron chi connectivity index (χ0n) is 9.56. The van der Waals surface area contributed by atoms with Crippen LogP contribution in [0.3, 0.4) is 0 Å². The van der Waals surface area contributed by atoms with Crippen molar-refractivity contribution in [3.05, 3.63) is 54.8 Å². The molecule has 0 aliphatic carbocycles. The molecule has 0 amide bonds. The van der Waals surface area contributed by atoms with Gasteiger partial charge in [0.1, 0.15) is 5.82 Å². The van der Waals surface area contributed by atoms with Crippen LogP contribution in [0.4, 0.5) is 12.9 Å². The minimum atomic E-state index is -5.01. The van der Waals surface area contributed by atoms with Gasteiger partial charge in [-0.2, -0.15) is 0 Å².